The molecule has 0 radical (unpaired) electrons. The normalized spacial score (nSPS) is 18.3. The number of carbonyl (C=O) groups excluding carboxylic acids is 3. The Balaban J connectivity index is 1.47. The third kappa shape index (κ3) is 4.91. The first kappa shape index (κ1) is 20.4. The molecule has 3 amide bonds. The van der Waals surface area contributed by atoms with E-state index in [0.717, 1.165) is 24.1 Å². The maximum Gasteiger partial charge on any atom is 0.246 e. The van der Waals surface area contributed by atoms with Crippen molar-refractivity contribution in [2.24, 2.45) is 0 Å². The fraction of sp³-hybridized carbons (Fsp3) is 0.591. The van der Waals surface area contributed by atoms with Gasteiger partial charge in [0.25, 0.3) is 0 Å². The molecule has 6 heteroatoms. The minimum absolute atomic E-state index is 0.0323. The van der Waals surface area contributed by atoms with Gasteiger partial charge in [-0.25, -0.2) is 0 Å². The fourth-order valence-electron chi connectivity index (χ4n) is 4.10. The average Bonchev–Trinajstić information content (AvgIpc) is 2.72. The molecule has 1 aromatic carbocycles. The number of hydrogen-bond donors (Lipinski definition) is 0. The van der Waals surface area contributed by atoms with E-state index in [1.807, 2.05) is 43.1 Å². The molecule has 2 fully saturated rings. The van der Waals surface area contributed by atoms with Crippen molar-refractivity contribution in [2.45, 2.75) is 57.9 Å². The van der Waals surface area contributed by atoms with Crippen molar-refractivity contribution in [2.75, 3.05) is 31.6 Å². The summed E-state index contributed by atoms with van der Waals surface area (Å²) < 4.78 is 0. The summed E-state index contributed by atoms with van der Waals surface area (Å²) in [7, 11) is 1.85. The summed E-state index contributed by atoms with van der Waals surface area (Å²) in [6.07, 6.45) is 6.12. The Hall–Kier alpha value is -2.37. The van der Waals surface area contributed by atoms with E-state index in [-0.39, 0.29) is 37.1 Å². The summed E-state index contributed by atoms with van der Waals surface area (Å²) in [6, 6.07) is 8.15. The summed E-state index contributed by atoms with van der Waals surface area (Å²) >= 11 is 0. The number of anilines is 1. The maximum absolute atomic E-state index is 12.5. The lowest BCUT2D eigenvalue weighted by Crippen LogP contribution is -2.52. The molecular weight excluding hydrogens is 354 g/mol. The van der Waals surface area contributed by atoms with Gasteiger partial charge in [0.2, 0.25) is 17.7 Å². The van der Waals surface area contributed by atoms with Crippen molar-refractivity contribution in [3.8, 4) is 0 Å². The van der Waals surface area contributed by atoms with Crippen LogP contribution in [0, 0.1) is 6.92 Å². The Morgan fingerprint density at radius 3 is 2.36 bits per heavy atom. The van der Waals surface area contributed by atoms with Gasteiger partial charge in [0.1, 0.15) is 6.54 Å². The lowest BCUT2D eigenvalue weighted by molar-refractivity contribution is -0.140. The van der Waals surface area contributed by atoms with Crippen molar-refractivity contribution < 1.29 is 14.4 Å². The van der Waals surface area contributed by atoms with E-state index in [1.54, 1.807) is 9.80 Å². The molecule has 1 heterocycles. The molecule has 0 atom stereocenters. The van der Waals surface area contributed by atoms with Crippen LogP contribution < -0.4 is 4.90 Å². The molecule has 1 aliphatic heterocycles. The number of aryl methyl sites for hydroxylation is 1. The van der Waals surface area contributed by atoms with Gasteiger partial charge < -0.3 is 14.7 Å². The number of rotatable bonds is 5. The summed E-state index contributed by atoms with van der Waals surface area (Å²) in [6.45, 7) is 3.09. The van der Waals surface area contributed by atoms with Crippen LogP contribution >= 0.6 is 0 Å². The van der Waals surface area contributed by atoms with Crippen LogP contribution in [0.1, 0.15) is 50.5 Å². The van der Waals surface area contributed by atoms with Crippen LogP contribution in [-0.4, -0.2) is 60.2 Å². The smallest absolute Gasteiger partial charge is 0.246 e. The van der Waals surface area contributed by atoms with Crippen LogP contribution in [0.2, 0.25) is 0 Å². The predicted molar refractivity (Wildman–Crippen MR) is 109 cm³/mol. The van der Waals surface area contributed by atoms with E-state index in [2.05, 4.69) is 0 Å². The molecule has 1 aromatic rings. The highest BCUT2D eigenvalue weighted by molar-refractivity contribution is 5.98. The number of amides is 3. The van der Waals surface area contributed by atoms with Crippen LogP contribution in [0.3, 0.4) is 0 Å². The standard InChI is InChI=1S/C22H31N3O3/c1-17-8-10-19(11-9-17)25-15-14-24(16-22(25)28)21(27)13-12-20(26)23(2)18-6-4-3-5-7-18/h8-11,18H,3-7,12-16H2,1-2H3. The highest BCUT2D eigenvalue weighted by Gasteiger charge is 2.29. The van der Waals surface area contributed by atoms with Crippen LogP contribution in [-0.2, 0) is 14.4 Å². The topological polar surface area (TPSA) is 60.9 Å². The first-order chi connectivity index (χ1) is 13.5. The number of piperazine rings is 1. The van der Waals surface area contributed by atoms with Gasteiger partial charge >= 0.3 is 0 Å². The molecule has 3 rings (SSSR count). The van der Waals surface area contributed by atoms with Crippen LogP contribution in [0.15, 0.2) is 24.3 Å². The Bertz CT molecular complexity index is 710. The SMILES string of the molecule is Cc1ccc(N2CCN(C(=O)CCC(=O)N(C)C3CCCCC3)CC2=O)cc1. The van der Waals surface area contributed by atoms with E-state index in [1.165, 1.54) is 19.3 Å². The molecule has 0 N–H and O–H groups in total. The van der Waals surface area contributed by atoms with Crippen molar-refractivity contribution in [3.63, 3.8) is 0 Å². The number of benzene rings is 1. The van der Waals surface area contributed by atoms with E-state index in [0.29, 0.717) is 19.1 Å². The highest BCUT2D eigenvalue weighted by atomic mass is 16.2. The maximum atomic E-state index is 12.5. The number of hydrogen-bond acceptors (Lipinski definition) is 3. The number of carbonyl (C=O) groups is 3. The van der Waals surface area contributed by atoms with Crippen molar-refractivity contribution >= 4 is 23.4 Å². The summed E-state index contributed by atoms with van der Waals surface area (Å²) in [5, 5.41) is 0. The van der Waals surface area contributed by atoms with Gasteiger partial charge in [-0.2, -0.15) is 0 Å². The molecule has 2 aliphatic rings. The molecular formula is C22H31N3O3. The largest absolute Gasteiger partial charge is 0.343 e. The van der Waals surface area contributed by atoms with E-state index < -0.39 is 0 Å². The third-order valence-corrected chi connectivity index (χ3v) is 5.99. The van der Waals surface area contributed by atoms with Gasteiger partial charge in [0.15, 0.2) is 0 Å². The predicted octanol–water partition coefficient (Wildman–Crippen LogP) is 2.74. The molecule has 1 saturated carbocycles. The van der Waals surface area contributed by atoms with Gasteiger partial charge in [-0.1, -0.05) is 37.0 Å². The molecule has 0 unspecified atom stereocenters. The van der Waals surface area contributed by atoms with E-state index in [4.69, 9.17) is 0 Å². The van der Waals surface area contributed by atoms with E-state index in [9.17, 15) is 14.4 Å². The van der Waals surface area contributed by atoms with Crippen molar-refractivity contribution in [3.05, 3.63) is 29.8 Å². The van der Waals surface area contributed by atoms with Crippen LogP contribution in [0.25, 0.3) is 0 Å². The molecule has 1 aliphatic carbocycles. The minimum atomic E-state index is -0.109. The molecule has 0 bridgehead atoms. The minimum Gasteiger partial charge on any atom is -0.343 e. The summed E-state index contributed by atoms with van der Waals surface area (Å²) in [5.74, 6) is -0.152. The van der Waals surface area contributed by atoms with Gasteiger partial charge in [0.05, 0.1) is 0 Å². The Morgan fingerprint density at radius 1 is 1.04 bits per heavy atom. The second kappa shape index (κ2) is 9.22. The zero-order valence-corrected chi connectivity index (χ0v) is 17.0. The van der Waals surface area contributed by atoms with Gasteiger partial charge in [-0.05, 0) is 31.9 Å². The van der Waals surface area contributed by atoms with Crippen LogP contribution in [0.4, 0.5) is 5.69 Å². The zero-order valence-electron chi connectivity index (χ0n) is 17.0. The second-order valence-corrected chi connectivity index (χ2v) is 7.99. The Morgan fingerprint density at radius 2 is 1.71 bits per heavy atom. The Kier molecular flexibility index (Phi) is 6.70. The van der Waals surface area contributed by atoms with Gasteiger partial charge in [0, 0.05) is 44.7 Å². The molecule has 1 saturated heterocycles. The third-order valence-electron chi connectivity index (χ3n) is 5.99. The van der Waals surface area contributed by atoms with Crippen molar-refractivity contribution in [1.29, 1.82) is 0 Å². The molecule has 28 heavy (non-hydrogen) atoms. The molecule has 152 valence electrons. The second-order valence-electron chi connectivity index (χ2n) is 7.99. The van der Waals surface area contributed by atoms with E-state index >= 15 is 0 Å². The summed E-state index contributed by atoms with van der Waals surface area (Å²) in [5.41, 5.74) is 2.01. The monoisotopic (exact) mass is 385 g/mol. The Labute approximate surface area is 167 Å². The quantitative estimate of drug-likeness (QED) is 0.783. The lowest BCUT2D eigenvalue weighted by atomic mass is 9.94. The number of nitrogens with zero attached hydrogens (tertiary/aromatic N) is 3. The van der Waals surface area contributed by atoms with Crippen LogP contribution in [0.5, 0.6) is 0 Å². The first-order valence-corrected chi connectivity index (χ1v) is 10.4. The lowest BCUT2D eigenvalue weighted by Gasteiger charge is -2.35. The van der Waals surface area contributed by atoms with Crippen molar-refractivity contribution in [1.82, 2.24) is 9.80 Å². The zero-order chi connectivity index (χ0) is 20.1. The fourth-order valence-corrected chi connectivity index (χ4v) is 4.10. The molecule has 0 spiro atoms. The highest BCUT2D eigenvalue weighted by Crippen LogP contribution is 2.22. The summed E-state index contributed by atoms with van der Waals surface area (Å²) in [4.78, 5) is 42.6. The molecule has 6 nitrogen and oxygen atoms in total. The molecule has 0 aromatic heterocycles. The average molecular weight is 386 g/mol. The van der Waals surface area contributed by atoms with Gasteiger partial charge in [-0.15, -0.1) is 0 Å². The first-order valence-electron chi connectivity index (χ1n) is 10.4. The van der Waals surface area contributed by atoms with Gasteiger partial charge in [-0.3, -0.25) is 14.4 Å².